The molecule has 2 atom stereocenters. The van der Waals surface area contributed by atoms with E-state index in [0.717, 1.165) is 19.6 Å². The van der Waals surface area contributed by atoms with Crippen LogP contribution >= 0.6 is 0 Å². The van der Waals surface area contributed by atoms with Crippen LogP contribution in [0, 0.1) is 5.92 Å². The molecule has 0 radical (unpaired) electrons. The molecule has 2 rings (SSSR count). The first-order valence-corrected chi connectivity index (χ1v) is 7.32. The molecule has 1 amide bonds. The van der Waals surface area contributed by atoms with Gasteiger partial charge in [-0.25, -0.2) is 0 Å². The summed E-state index contributed by atoms with van der Waals surface area (Å²) in [6, 6.07) is 0.485. The van der Waals surface area contributed by atoms with Crippen LogP contribution in [0.4, 0.5) is 0 Å². The van der Waals surface area contributed by atoms with Crippen molar-refractivity contribution < 1.29 is 4.79 Å². The van der Waals surface area contributed by atoms with Gasteiger partial charge in [0.25, 0.3) is 0 Å². The van der Waals surface area contributed by atoms with Gasteiger partial charge in [0.1, 0.15) is 0 Å². The highest BCUT2D eigenvalue weighted by molar-refractivity contribution is 5.86. The highest BCUT2D eigenvalue weighted by Crippen LogP contribution is 2.32. The Bertz CT molecular complexity index is 303. The van der Waals surface area contributed by atoms with E-state index in [4.69, 9.17) is 5.73 Å². The molecular formula is C14H27N3O. The highest BCUT2D eigenvalue weighted by Gasteiger charge is 2.43. The number of nitrogens with one attached hydrogen (secondary N) is 1. The average molecular weight is 253 g/mol. The summed E-state index contributed by atoms with van der Waals surface area (Å²) in [5.74, 6) is 0.714. The Morgan fingerprint density at radius 2 is 2.06 bits per heavy atom. The maximum Gasteiger partial charge on any atom is 0.240 e. The van der Waals surface area contributed by atoms with Gasteiger partial charge in [0.05, 0.1) is 5.54 Å². The Hall–Kier alpha value is -0.610. The maximum atomic E-state index is 12.1. The minimum absolute atomic E-state index is 0.161. The van der Waals surface area contributed by atoms with Gasteiger partial charge in [-0.15, -0.1) is 0 Å². The van der Waals surface area contributed by atoms with Crippen molar-refractivity contribution in [1.29, 1.82) is 0 Å². The van der Waals surface area contributed by atoms with Crippen LogP contribution in [-0.2, 0) is 4.79 Å². The van der Waals surface area contributed by atoms with E-state index in [1.165, 1.54) is 32.1 Å². The summed E-state index contributed by atoms with van der Waals surface area (Å²) in [7, 11) is 0. The van der Waals surface area contributed by atoms with Crippen LogP contribution in [0.2, 0.25) is 0 Å². The van der Waals surface area contributed by atoms with Gasteiger partial charge in [-0.05, 0) is 39.2 Å². The van der Waals surface area contributed by atoms with E-state index in [1.54, 1.807) is 0 Å². The van der Waals surface area contributed by atoms with Crippen molar-refractivity contribution in [2.24, 2.45) is 11.7 Å². The molecule has 3 N–H and O–H groups in total. The maximum absolute atomic E-state index is 12.1. The molecule has 4 heteroatoms. The van der Waals surface area contributed by atoms with Crippen molar-refractivity contribution in [3.8, 4) is 0 Å². The summed E-state index contributed by atoms with van der Waals surface area (Å²) < 4.78 is 0. The van der Waals surface area contributed by atoms with E-state index < -0.39 is 0 Å². The van der Waals surface area contributed by atoms with Crippen molar-refractivity contribution >= 4 is 5.91 Å². The van der Waals surface area contributed by atoms with E-state index in [0.29, 0.717) is 12.0 Å². The quantitative estimate of drug-likeness (QED) is 0.725. The fourth-order valence-corrected chi connectivity index (χ4v) is 3.55. The fourth-order valence-electron chi connectivity index (χ4n) is 3.55. The minimum Gasteiger partial charge on any atom is -0.353 e. The lowest BCUT2D eigenvalue weighted by Gasteiger charge is -2.47. The summed E-state index contributed by atoms with van der Waals surface area (Å²) in [6.07, 6.45) is 6.29. The highest BCUT2D eigenvalue weighted by atomic mass is 16.2. The number of amides is 1. The van der Waals surface area contributed by atoms with E-state index in [-0.39, 0.29) is 11.4 Å². The zero-order valence-electron chi connectivity index (χ0n) is 11.7. The number of carbonyl (C=O) groups is 1. The second kappa shape index (κ2) is 5.57. The number of carbonyl (C=O) groups excluding carboxylic acids is 1. The number of nitrogens with two attached hydrogens (primary N) is 1. The lowest BCUT2D eigenvalue weighted by atomic mass is 9.87. The minimum atomic E-state index is -0.388. The lowest BCUT2D eigenvalue weighted by Crippen LogP contribution is -2.65. The first kappa shape index (κ1) is 13.8. The summed E-state index contributed by atoms with van der Waals surface area (Å²) >= 11 is 0. The molecular weight excluding hydrogens is 226 g/mol. The summed E-state index contributed by atoms with van der Waals surface area (Å²) in [5, 5.41) is 2.98. The smallest absolute Gasteiger partial charge is 0.240 e. The fraction of sp³-hybridized carbons (Fsp3) is 0.929. The van der Waals surface area contributed by atoms with Crippen LogP contribution in [0.5, 0.6) is 0 Å². The molecule has 2 unspecified atom stereocenters. The lowest BCUT2D eigenvalue weighted by molar-refractivity contribution is -0.138. The van der Waals surface area contributed by atoms with Crippen LogP contribution in [-0.4, -0.2) is 42.0 Å². The summed E-state index contributed by atoms with van der Waals surface area (Å²) in [5.41, 5.74) is 5.58. The third-order valence-corrected chi connectivity index (χ3v) is 4.73. The molecule has 18 heavy (non-hydrogen) atoms. The topological polar surface area (TPSA) is 58.4 Å². The molecule has 104 valence electrons. The van der Waals surface area contributed by atoms with Crippen LogP contribution in [0.25, 0.3) is 0 Å². The number of hydrogen-bond acceptors (Lipinski definition) is 3. The van der Waals surface area contributed by atoms with Gasteiger partial charge < -0.3 is 11.1 Å². The van der Waals surface area contributed by atoms with Crippen molar-refractivity contribution in [3.05, 3.63) is 0 Å². The van der Waals surface area contributed by atoms with E-state index in [9.17, 15) is 4.79 Å². The van der Waals surface area contributed by atoms with E-state index >= 15 is 0 Å². The Morgan fingerprint density at radius 1 is 1.33 bits per heavy atom. The second-order valence-corrected chi connectivity index (χ2v) is 6.21. The Kier molecular flexibility index (Phi) is 4.28. The molecule has 1 saturated carbocycles. The Morgan fingerprint density at radius 3 is 2.78 bits per heavy atom. The monoisotopic (exact) mass is 253 g/mol. The van der Waals surface area contributed by atoms with Gasteiger partial charge >= 0.3 is 0 Å². The molecule has 2 fully saturated rings. The van der Waals surface area contributed by atoms with E-state index in [2.05, 4.69) is 10.2 Å². The second-order valence-electron chi connectivity index (χ2n) is 6.21. The van der Waals surface area contributed by atoms with Gasteiger partial charge in [-0.3, -0.25) is 9.69 Å². The van der Waals surface area contributed by atoms with Crippen LogP contribution < -0.4 is 11.1 Å². The molecule has 0 spiro atoms. The van der Waals surface area contributed by atoms with Gasteiger partial charge in [-0.2, -0.15) is 0 Å². The van der Waals surface area contributed by atoms with Crippen molar-refractivity contribution in [2.75, 3.05) is 19.6 Å². The molecule has 0 bridgehead atoms. The van der Waals surface area contributed by atoms with Crippen molar-refractivity contribution in [2.45, 2.75) is 57.5 Å². The SMILES string of the molecule is CC1(C)C(=O)NCCN1C1CCCCCC1CN. The zero-order chi connectivity index (χ0) is 13.2. The molecule has 1 saturated heterocycles. The molecule has 1 heterocycles. The Labute approximate surface area is 110 Å². The molecule has 0 aromatic heterocycles. The normalized spacial score (nSPS) is 33.8. The van der Waals surface area contributed by atoms with Gasteiger partial charge in [0.2, 0.25) is 5.91 Å². The van der Waals surface area contributed by atoms with Crippen LogP contribution in [0.15, 0.2) is 0 Å². The molecule has 1 aliphatic carbocycles. The van der Waals surface area contributed by atoms with Gasteiger partial charge in [0.15, 0.2) is 0 Å². The van der Waals surface area contributed by atoms with Crippen LogP contribution in [0.1, 0.15) is 46.0 Å². The van der Waals surface area contributed by atoms with Crippen molar-refractivity contribution in [1.82, 2.24) is 10.2 Å². The van der Waals surface area contributed by atoms with E-state index in [1.807, 2.05) is 13.8 Å². The Balaban J connectivity index is 2.18. The molecule has 0 aromatic carbocycles. The average Bonchev–Trinajstić information content (AvgIpc) is 2.57. The standard InChI is InChI=1S/C14H27N3O/c1-14(2)13(18)16-8-9-17(14)12-7-5-3-4-6-11(12)10-15/h11-12H,3-10,15H2,1-2H3,(H,16,18). The number of piperazine rings is 1. The van der Waals surface area contributed by atoms with Crippen molar-refractivity contribution in [3.63, 3.8) is 0 Å². The third kappa shape index (κ3) is 2.54. The molecule has 1 aliphatic heterocycles. The number of rotatable bonds is 2. The first-order chi connectivity index (χ1) is 8.57. The van der Waals surface area contributed by atoms with Gasteiger partial charge in [0, 0.05) is 19.1 Å². The van der Waals surface area contributed by atoms with Crippen LogP contribution in [0.3, 0.4) is 0 Å². The molecule has 0 aromatic rings. The number of nitrogens with zero attached hydrogens (tertiary/aromatic N) is 1. The molecule has 2 aliphatic rings. The first-order valence-electron chi connectivity index (χ1n) is 7.32. The molecule has 4 nitrogen and oxygen atoms in total. The zero-order valence-corrected chi connectivity index (χ0v) is 11.7. The predicted molar refractivity (Wildman–Crippen MR) is 73.2 cm³/mol. The largest absolute Gasteiger partial charge is 0.353 e. The third-order valence-electron chi connectivity index (χ3n) is 4.73. The predicted octanol–water partition coefficient (Wildman–Crippen LogP) is 1.10. The summed E-state index contributed by atoms with van der Waals surface area (Å²) in [6.45, 7) is 6.56. The number of hydrogen-bond donors (Lipinski definition) is 2. The van der Waals surface area contributed by atoms with Gasteiger partial charge in [-0.1, -0.05) is 19.3 Å². The summed E-state index contributed by atoms with van der Waals surface area (Å²) in [4.78, 5) is 14.5.